The molecule has 0 fully saturated rings. The molecule has 0 atom stereocenters. The van der Waals surface area contributed by atoms with Gasteiger partial charge in [0.2, 0.25) is 0 Å². The van der Waals surface area contributed by atoms with E-state index in [2.05, 4.69) is 10.0 Å². The first-order chi connectivity index (χ1) is 7.33. The topological polar surface area (TPSA) is 48.8 Å². The Labute approximate surface area is 104 Å². The van der Waals surface area contributed by atoms with Gasteiger partial charge in [-0.2, -0.15) is 0 Å². The van der Waals surface area contributed by atoms with Gasteiger partial charge in [-0.15, -0.1) is 0 Å². The van der Waals surface area contributed by atoms with Crippen LogP contribution in [0.4, 0.5) is 18.6 Å². The Morgan fingerprint density at radius 3 is 2.56 bits per heavy atom. The van der Waals surface area contributed by atoms with E-state index in [0.717, 1.165) is 0 Å². The van der Waals surface area contributed by atoms with Crippen LogP contribution in [0.2, 0.25) is 0 Å². The van der Waals surface area contributed by atoms with Gasteiger partial charge in [-0.05, 0) is 52.7 Å². The van der Waals surface area contributed by atoms with Crippen LogP contribution in [0.5, 0.6) is 0 Å². The minimum atomic E-state index is -4.88. The summed E-state index contributed by atoms with van der Waals surface area (Å²) in [5.74, 6) is 0. The minimum Gasteiger partial charge on any atom is -0.449 e. The number of nitrogens with zero attached hydrogens (tertiary/aromatic N) is 3. The summed E-state index contributed by atoms with van der Waals surface area (Å²) in [7, 11) is 0. The highest BCUT2D eigenvalue weighted by molar-refractivity contribution is 14.1. The van der Waals surface area contributed by atoms with E-state index in [1.165, 1.54) is 13.0 Å². The first kappa shape index (κ1) is 13.2. The van der Waals surface area contributed by atoms with Gasteiger partial charge in [0, 0.05) is 14.2 Å². The molecule has 1 aromatic rings. The van der Waals surface area contributed by atoms with Crippen molar-refractivity contribution in [1.82, 2.24) is 0 Å². The van der Waals surface area contributed by atoms with Crippen LogP contribution >= 0.6 is 22.6 Å². The van der Waals surface area contributed by atoms with Crippen LogP contribution in [0.3, 0.4) is 0 Å². The van der Waals surface area contributed by atoms with Crippen LogP contribution in [0.15, 0.2) is 17.2 Å². The average Bonchev–Trinajstić information content (AvgIpc) is 2.11. The van der Waals surface area contributed by atoms with Crippen molar-refractivity contribution in [1.29, 1.82) is 0 Å². The Bertz CT molecular complexity index is 455. The lowest BCUT2D eigenvalue weighted by Gasteiger charge is -2.16. The van der Waals surface area contributed by atoms with E-state index in [1.807, 2.05) is 22.6 Å². The molecule has 86 valence electrons. The molecule has 0 spiro atoms. The van der Waals surface area contributed by atoms with Crippen LogP contribution in [0.25, 0.3) is 10.4 Å². The van der Waals surface area contributed by atoms with Crippen molar-refractivity contribution < 1.29 is 12.9 Å². The summed E-state index contributed by atoms with van der Waals surface area (Å²) in [4.78, 5) is 2.59. The lowest BCUT2D eigenvalue weighted by Crippen LogP contribution is -2.20. The number of rotatable bonds is 3. The fraction of sp³-hybridized carbons (Fsp3) is 0.250. The molecule has 0 unspecified atom stereocenters. The summed E-state index contributed by atoms with van der Waals surface area (Å²) in [6.07, 6.45) is -0.948. The highest BCUT2D eigenvalue weighted by Gasteiger charge is 2.24. The maximum absolute atomic E-state index is 12.3. The van der Waals surface area contributed by atoms with E-state index in [0.29, 0.717) is 9.13 Å². The first-order valence-corrected chi connectivity index (χ1v) is 5.46. The molecule has 1 rings (SSSR count). The smallest absolute Gasteiger partial charge is 0.449 e. The molecule has 3 nitrogen and oxygen atoms in total. The lowest BCUT2D eigenvalue weighted by molar-refractivity contribution is 0.468. The molecule has 16 heavy (non-hydrogen) atoms. The Balaban J connectivity index is 3.24. The monoisotopic (exact) mass is 340 g/mol. The summed E-state index contributed by atoms with van der Waals surface area (Å²) in [6.45, 7) is -3.35. The van der Waals surface area contributed by atoms with E-state index >= 15 is 0 Å². The Hall–Kier alpha value is -0.885. The maximum atomic E-state index is 12.3. The highest BCUT2D eigenvalue weighted by Crippen LogP contribution is 2.28. The largest absolute Gasteiger partial charge is 0.482 e. The van der Waals surface area contributed by atoms with Gasteiger partial charge in [-0.25, -0.2) is 0 Å². The molecule has 0 aromatic heterocycles. The minimum absolute atomic E-state index is 0.168. The van der Waals surface area contributed by atoms with Gasteiger partial charge in [-0.3, -0.25) is 0 Å². The van der Waals surface area contributed by atoms with Crippen molar-refractivity contribution in [3.05, 3.63) is 37.3 Å². The van der Waals surface area contributed by atoms with E-state index in [-0.39, 0.29) is 11.3 Å². The fourth-order valence-corrected chi connectivity index (χ4v) is 2.00. The number of benzene rings is 1. The van der Waals surface area contributed by atoms with Crippen LogP contribution in [-0.2, 0) is 6.32 Å². The molecule has 0 bridgehead atoms. The molecule has 1 aromatic carbocycles. The van der Waals surface area contributed by atoms with Gasteiger partial charge in [0.05, 0.1) is 0 Å². The van der Waals surface area contributed by atoms with Crippen molar-refractivity contribution >= 4 is 35.3 Å². The second-order valence-corrected chi connectivity index (χ2v) is 4.56. The van der Waals surface area contributed by atoms with Crippen LogP contribution in [0, 0.1) is 10.5 Å². The maximum Gasteiger partial charge on any atom is 0.482 e. The number of hydrogen-bond acceptors (Lipinski definition) is 1. The first-order valence-electron chi connectivity index (χ1n) is 4.38. The van der Waals surface area contributed by atoms with Crippen molar-refractivity contribution in [3.63, 3.8) is 0 Å². The van der Waals surface area contributed by atoms with Crippen LogP contribution in [0.1, 0.15) is 11.1 Å². The van der Waals surface area contributed by atoms with Gasteiger partial charge in [0.25, 0.3) is 0 Å². The Kier molecular flexibility index (Phi) is 4.09. The van der Waals surface area contributed by atoms with Gasteiger partial charge >= 0.3 is 6.98 Å². The van der Waals surface area contributed by atoms with Crippen LogP contribution < -0.4 is 0 Å². The summed E-state index contributed by atoms with van der Waals surface area (Å²) in [6, 6.07) is 3.02. The lowest BCUT2D eigenvalue weighted by atomic mass is 9.80. The predicted molar refractivity (Wildman–Crippen MR) is 65.5 cm³/mol. The summed E-state index contributed by atoms with van der Waals surface area (Å²) in [5, 5.41) is 3.37. The Morgan fingerprint density at radius 1 is 1.44 bits per heavy atom. The van der Waals surface area contributed by atoms with Gasteiger partial charge in [0.15, 0.2) is 0 Å². The van der Waals surface area contributed by atoms with Gasteiger partial charge in [0.1, 0.15) is 0 Å². The molecule has 0 saturated carbocycles. The third-order valence-electron chi connectivity index (χ3n) is 2.06. The second-order valence-electron chi connectivity index (χ2n) is 3.31. The number of hydrogen-bond donors (Lipinski definition) is 0. The molecule has 8 heteroatoms. The highest BCUT2D eigenvalue weighted by atomic mass is 127. The zero-order chi connectivity index (χ0) is 12.3. The molecule has 0 aliphatic rings. The zero-order valence-electron chi connectivity index (χ0n) is 8.29. The van der Waals surface area contributed by atoms with E-state index < -0.39 is 13.3 Å². The fourth-order valence-electron chi connectivity index (χ4n) is 1.33. The quantitative estimate of drug-likeness (QED) is 0.256. The summed E-state index contributed by atoms with van der Waals surface area (Å²) in [5.41, 5.74) is 9.11. The van der Waals surface area contributed by atoms with E-state index in [1.54, 1.807) is 6.07 Å². The van der Waals surface area contributed by atoms with Crippen molar-refractivity contribution in [2.75, 3.05) is 0 Å². The second kappa shape index (κ2) is 4.96. The standard InChI is InChI=1S/C8H7BF3IN3/c1-5-6(4-9(10,11)12)2-7(13)3-8(5)15-16-14/h2-3H,4H2,1H3/q-1. The molecule has 0 aliphatic heterocycles. The number of azide groups is 1. The molecule has 0 amide bonds. The molecule has 0 saturated heterocycles. The third-order valence-corrected chi connectivity index (χ3v) is 2.68. The normalized spacial score (nSPS) is 11.1. The van der Waals surface area contributed by atoms with Crippen molar-refractivity contribution in [2.24, 2.45) is 5.11 Å². The molecular formula is C8H7BF3IN3-. The molecule has 0 N–H and O–H groups in total. The molecule has 0 heterocycles. The zero-order valence-corrected chi connectivity index (χ0v) is 10.5. The third kappa shape index (κ3) is 3.60. The van der Waals surface area contributed by atoms with E-state index in [9.17, 15) is 12.9 Å². The van der Waals surface area contributed by atoms with E-state index in [4.69, 9.17) is 5.53 Å². The molecule has 0 radical (unpaired) electrons. The van der Waals surface area contributed by atoms with Crippen molar-refractivity contribution in [3.8, 4) is 0 Å². The molecular weight excluding hydrogens is 333 g/mol. The van der Waals surface area contributed by atoms with Crippen molar-refractivity contribution in [2.45, 2.75) is 13.2 Å². The SMILES string of the molecule is Cc1c(C[B-](F)(F)F)cc(I)cc1N=[N+]=[N-]. The summed E-state index contributed by atoms with van der Waals surface area (Å²) < 4.78 is 37.6. The Morgan fingerprint density at radius 2 is 2.06 bits per heavy atom. The van der Waals surface area contributed by atoms with Gasteiger partial charge < -0.3 is 12.9 Å². The predicted octanol–water partition coefficient (Wildman–Crippen LogP) is 4.47. The average molecular weight is 340 g/mol. The summed E-state index contributed by atoms with van der Waals surface area (Å²) >= 11 is 1.90. The molecule has 0 aliphatic carbocycles. The number of halogens is 4. The van der Waals surface area contributed by atoms with Crippen LogP contribution in [-0.4, -0.2) is 6.98 Å². The van der Waals surface area contributed by atoms with Gasteiger partial charge in [-0.1, -0.05) is 17.0 Å².